The number of pyridine rings is 1. The van der Waals surface area contributed by atoms with Crippen LogP contribution in [0.2, 0.25) is 0 Å². The molecule has 4 aromatic rings. The Kier molecular flexibility index (Phi) is 7.15. The van der Waals surface area contributed by atoms with E-state index in [0.29, 0.717) is 17.9 Å². The van der Waals surface area contributed by atoms with Crippen molar-refractivity contribution in [3.8, 4) is 5.75 Å². The molecule has 0 bridgehead atoms. The molecule has 1 heterocycles. The van der Waals surface area contributed by atoms with Crippen LogP contribution in [0.4, 0.5) is 0 Å². The lowest BCUT2D eigenvalue weighted by molar-refractivity contribution is -0.129. The Balaban J connectivity index is 1.44. The summed E-state index contributed by atoms with van der Waals surface area (Å²) in [5, 5.41) is 12.8. The van der Waals surface area contributed by atoms with Gasteiger partial charge in [-0.2, -0.15) is 0 Å². The zero-order valence-corrected chi connectivity index (χ0v) is 18.7. The van der Waals surface area contributed by atoms with Crippen molar-refractivity contribution in [2.24, 2.45) is 0 Å². The Labute approximate surface area is 197 Å². The summed E-state index contributed by atoms with van der Waals surface area (Å²) in [6.45, 7) is 2.33. The molecule has 2 amide bonds. The maximum Gasteiger partial charge on any atom is 0.251 e. The number of fused-ring (bicyclic) bond motifs is 1. The number of hydrogen-bond donors (Lipinski definition) is 3. The molecule has 0 aliphatic carbocycles. The maximum atomic E-state index is 12.8. The first-order chi connectivity index (χ1) is 16.5. The summed E-state index contributed by atoms with van der Waals surface area (Å²) in [7, 11) is 0. The number of nitrogens with one attached hydrogen (secondary N) is 2. The molecule has 1 unspecified atom stereocenters. The predicted octanol–water partition coefficient (Wildman–Crippen LogP) is 4.49. The van der Waals surface area contributed by atoms with E-state index in [1.54, 1.807) is 29.7 Å². The van der Waals surface area contributed by atoms with Crippen LogP contribution in [-0.4, -0.2) is 22.0 Å². The molecule has 0 spiro atoms. The van der Waals surface area contributed by atoms with Gasteiger partial charge in [0.05, 0.1) is 18.0 Å². The van der Waals surface area contributed by atoms with E-state index in [-0.39, 0.29) is 12.3 Å². The van der Waals surface area contributed by atoms with Gasteiger partial charge in [0.15, 0.2) is 0 Å². The number of aryl methyl sites for hydroxylation is 1. The monoisotopic (exact) mass is 455 g/mol. The van der Waals surface area contributed by atoms with Crippen molar-refractivity contribution in [1.29, 1.82) is 0 Å². The van der Waals surface area contributed by atoms with Crippen molar-refractivity contribution in [3.63, 3.8) is 0 Å². The van der Waals surface area contributed by atoms with Gasteiger partial charge in [-0.25, -0.2) is 5.48 Å². The highest BCUT2D eigenvalue weighted by Gasteiger charge is 2.19. The average molecular weight is 456 g/mol. The number of rotatable bonds is 8. The molecule has 1 atom stereocenters. The number of carbonyl (C=O) groups is 2. The lowest BCUT2D eigenvalue weighted by Gasteiger charge is -2.18. The number of ether oxygens (including phenoxy) is 1. The van der Waals surface area contributed by atoms with Crippen LogP contribution >= 0.6 is 0 Å². The molecule has 0 saturated heterocycles. The Morgan fingerprint density at radius 2 is 1.68 bits per heavy atom. The van der Waals surface area contributed by atoms with Crippen molar-refractivity contribution in [3.05, 3.63) is 107 Å². The van der Waals surface area contributed by atoms with Crippen LogP contribution in [0.1, 0.15) is 39.6 Å². The molecule has 172 valence electrons. The second-order valence-corrected chi connectivity index (χ2v) is 7.93. The minimum Gasteiger partial charge on any atom is -0.489 e. The summed E-state index contributed by atoms with van der Waals surface area (Å²) >= 11 is 0. The molecule has 34 heavy (non-hydrogen) atoms. The van der Waals surface area contributed by atoms with E-state index in [4.69, 9.17) is 9.94 Å². The van der Waals surface area contributed by atoms with Gasteiger partial charge in [0.25, 0.3) is 5.91 Å². The summed E-state index contributed by atoms with van der Waals surface area (Å²) in [5.74, 6) is -0.284. The van der Waals surface area contributed by atoms with Crippen LogP contribution in [-0.2, 0) is 11.4 Å². The second kappa shape index (κ2) is 10.6. The van der Waals surface area contributed by atoms with E-state index in [9.17, 15) is 9.59 Å². The zero-order valence-electron chi connectivity index (χ0n) is 18.7. The van der Waals surface area contributed by atoms with Crippen LogP contribution in [0, 0.1) is 6.92 Å². The number of hydrogen-bond acceptors (Lipinski definition) is 5. The highest BCUT2D eigenvalue weighted by Crippen LogP contribution is 2.22. The molecule has 0 radical (unpaired) electrons. The molecule has 0 saturated carbocycles. The normalized spacial score (nSPS) is 11.6. The van der Waals surface area contributed by atoms with E-state index >= 15 is 0 Å². The van der Waals surface area contributed by atoms with Gasteiger partial charge in [0.2, 0.25) is 5.91 Å². The Bertz CT molecular complexity index is 1290. The summed E-state index contributed by atoms with van der Waals surface area (Å²) in [4.78, 5) is 29.1. The third-order valence-electron chi connectivity index (χ3n) is 5.46. The number of amides is 2. The van der Waals surface area contributed by atoms with Crippen LogP contribution < -0.4 is 15.5 Å². The smallest absolute Gasteiger partial charge is 0.251 e. The fourth-order valence-electron chi connectivity index (χ4n) is 3.79. The summed E-state index contributed by atoms with van der Waals surface area (Å²) in [6, 6.07) is 25.3. The fourth-order valence-corrected chi connectivity index (χ4v) is 3.79. The van der Waals surface area contributed by atoms with Crippen molar-refractivity contribution in [1.82, 2.24) is 15.8 Å². The minimum atomic E-state index is -0.586. The molecule has 0 aliphatic rings. The first-order valence-corrected chi connectivity index (χ1v) is 10.9. The SMILES string of the molecule is Cc1cc(COc2ccc(C(=O)NC(CC(=O)NO)c3ccccc3)cc2)c2ccccc2n1. The first-order valence-electron chi connectivity index (χ1n) is 10.9. The Hall–Kier alpha value is -4.23. The summed E-state index contributed by atoms with van der Waals surface area (Å²) in [6.07, 6.45) is -0.0905. The molecule has 0 aliphatic heterocycles. The van der Waals surface area contributed by atoms with Crippen LogP contribution in [0.15, 0.2) is 84.9 Å². The number of para-hydroxylation sites is 1. The van der Waals surface area contributed by atoms with Crippen LogP contribution in [0.5, 0.6) is 5.75 Å². The fraction of sp³-hybridized carbons (Fsp3) is 0.148. The topological polar surface area (TPSA) is 101 Å². The lowest BCUT2D eigenvalue weighted by atomic mass is 10.0. The first kappa shape index (κ1) is 22.9. The van der Waals surface area contributed by atoms with Crippen molar-refractivity contribution in [2.75, 3.05) is 0 Å². The van der Waals surface area contributed by atoms with Gasteiger partial charge in [0, 0.05) is 22.2 Å². The minimum absolute atomic E-state index is 0.0905. The Morgan fingerprint density at radius 1 is 0.971 bits per heavy atom. The van der Waals surface area contributed by atoms with E-state index < -0.39 is 11.9 Å². The number of benzene rings is 3. The third-order valence-corrected chi connectivity index (χ3v) is 5.46. The molecule has 1 aromatic heterocycles. The predicted molar refractivity (Wildman–Crippen MR) is 128 cm³/mol. The van der Waals surface area contributed by atoms with Crippen molar-refractivity contribution >= 4 is 22.7 Å². The van der Waals surface area contributed by atoms with E-state index in [0.717, 1.165) is 27.7 Å². The molecule has 7 nitrogen and oxygen atoms in total. The van der Waals surface area contributed by atoms with Crippen molar-refractivity contribution < 1.29 is 19.5 Å². The summed E-state index contributed by atoms with van der Waals surface area (Å²) in [5.41, 5.74) is 5.70. The van der Waals surface area contributed by atoms with Crippen LogP contribution in [0.25, 0.3) is 10.9 Å². The molecule has 7 heteroatoms. The average Bonchev–Trinajstić information content (AvgIpc) is 2.87. The molecular weight excluding hydrogens is 430 g/mol. The third kappa shape index (κ3) is 5.57. The van der Waals surface area contributed by atoms with Crippen LogP contribution in [0.3, 0.4) is 0 Å². The molecule has 3 aromatic carbocycles. The number of nitrogens with zero attached hydrogens (tertiary/aromatic N) is 1. The van der Waals surface area contributed by atoms with Gasteiger partial charge in [-0.3, -0.25) is 19.8 Å². The number of carbonyl (C=O) groups excluding carboxylic acids is 2. The highest BCUT2D eigenvalue weighted by atomic mass is 16.5. The van der Waals surface area contributed by atoms with E-state index in [2.05, 4.69) is 10.3 Å². The molecular formula is C27H25N3O4. The second-order valence-electron chi connectivity index (χ2n) is 7.93. The van der Waals surface area contributed by atoms with Gasteiger partial charge < -0.3 is 10.1 Å². The Morgan fingerprint density at radius 3 is 2.41 bits per heavy atom. The lowest BCUT2D eigenvalue weighted by Crippen LogP contribution is -2.32. The van der Waals surface area contributed by atoms with Gasteiger partial charge in [-0.1, -0.05) is 48.5 Å². The quantitative estimate of drug-likeness (QED) is 0.269. The highest BCUT2D eigenvalue weighted by molar-refractivity contribution is 5.95. The van der Waals surface area contributed by atoms with Crippen molar-refractivity contribution in [2.45, 2.75) is 26.0 Å². The largest absolute Gasteiger partial charge is 0.489 e. The molecule has 3 N–H and O–H groups in total. The van der Waals surface area contributed by atoms with Gasteiger partial charge in [-0.15, -0.1) is 0 Å². The molecule has 0 fully saturated rings. The maximum absolute atomic E-state index is 12.8. The number of aromatic nitrogens is 1. The van der Waals surface area contributed by atoms with Gasteiger partial charge >= 0.3 is 0 Å². The van der Waals surface area contributed by atoms with E-state index in [1.807, 2.05) is 67.6 Å². The zero-order chi connectivity index (χ0) is 23.9. The van der Waals surface area contributed by atoms with Gasteiger partial charge in [-0.05, 0) is 48.9 Å². The van der Waals surface area contributed by atoms with Gasteiger partial charge in [0.1, 0.15) is 12.4 Å². The molecule has 4 rings (SSSR count). The standard InChI is InChI=1S/C27H25N3O4/c1-18-15-21(23-9-5-6-10-24(23)28-18)17-34-22-13-11-20(12-14-22)27(32)29-25(16-26(31)30-33)19-7-3-2-4-8-19/h2-15,25,33H,16-17H2,1H3,(H,29,32)(H,30,31). The summed E-state index contributed by atoms with van der Waals surface area (Å²) < 4.78 is 5.97. The van der Waals surface area contributed by atoms with E-state index in [1.165, 1.54) is 0 Å². The number of hydroxylamine groups is 1.